The van der Waals surface area contributed by atoms with Gasteiger partial charge < -0.3 is 5.32 Å². The standard InChI is InChI=1S/C16H19ClFNO/c1-9(12-8-10-5-6-11(12)7-10)19-16(20)15-13(17)3-2-4-14(15)18/h2-4,9-12H,5-8H2,1H3,(H,19,20)/t9-,10+,11+,12+/m1/s1. The van der Waals surface area contributed by atoms with E-state index in [1.165, 1.54) is 37.8 Å². The number of nitrogens with one attached hydrogen (secondary N) is 1. The van der Waals surface area contributed by atoms with E-state index in [0.717, 1.165) is 11.8 Å². The lowest BCUT2D eigenvalue weighted by Crippen LogP contribution is -2.40. The molecule has 2 saturated carbocycles. The smallest absolute Gasteiger partial charge is 0.255 e. The highest BCUT2D eigenvalue weighted by Crippen LogP contribution is 2.49. The Kier molecular flexibility index (Phi) is 3.72. The maximum Gasteiger partial charge on any atom is 0.255 e. The van der Waals surface area contributed by atoms with Gasteiger partial charge in [-0.25, -0.2) is 4.39 Å². The molecule has 2 aliphatic rings. The lowest BCUT2D eigenvalue weighted by molar-refractivity contribution is 0.0911. The molecule has 2 fully saturated rings. The van der Waals surface area contributed by atoms with Gasteiger partial charge in [0.1, 0.15) is 5.82 Å². The van der Waals surface area contributed by atoms with Gasteiger partial charge in [0.2, 0.25) is 0 Å². The number of benzene rings is 1. The first-order chi connectivity index (χ1) is 9.56. The van der Waals surface area contributed by atoms with Crippen molar-refractivity contribution in [2.75, 3.05) is 0 Å². The minimum Gasteiger partial charge on any atom is -0.349 e. The summed E-state index contributed by atoms with van der Waals surface area (Å²) in [7, 11) is 0. The molecule has 2 aliphatic carbocycles. The highest BCUT2D eigenvalue weighted by atomic mass is 35.5. The van der Waals surface area contributed by atoms with Crippen LogP contribution in [-0.4, -0.2) is 11.9 Å². The Balaban J connectivity index is 1.70. The van der Waals surface area contributed by atoms with Crippen LogP contribution >= 0.6 is 11.6 Å². The normalized spacial score (nSPS) is 29.4. The van der Waals surface area contributed by atoms with E-state index in [1.807, 2.05) is 6.92 Å². The summed E-state index contributed by atoms with van der Waals surface area (Å²) in [6.07, 6.45) is 5.10. The molecule has 20 heavy (non-hydrogen) atoms. The molecule has 2 nitrogen and oxygen atoms in total. The van der Waals surface area contributed by atoms with E-state index in [9.17, 15) is 9.18 Å². The van der Waals surface area contributed by atoms with Gasteiger partial charge >= 0.3 is 0 Å². The minimum atomic E-state index is -0.560. The number of rotatable bonds is 3. The number of halogens is 2. The summed E-state index contributed by atoms with van der Waals surface area (Å²) in [6, 6.07) is 4.40. The highest BCUT2D eigenvalue weighted by molar-refractivity contribution is 6.33. The van der Waals surface area contributed by atoms with Crippen molar-refractivity contribution in [3.63, 3.8) is 0 Å². The van der Waals surface area contributed by atoms with Crippen LogP contribution < -0.4 is 5.32 Å². The first kappa shape index (κ1) is 13.9. The zero-order valence-electron chi connectivity index (χ0n) is 11.5. The summed E-state index contributed by atoms with van der Waals surface area (Å²) in [6.45, 7) is 2.03. The molecule has 1 N–H and O–H groups in total. The summed E-state index contributed by atoms with van der Waals surface area (Å²) in [5, 5.41) is 3.11. The number of amides is 1. The van der Waals surface area contributed by atoms with Gasteiger partial charge in [-0.3, -0.25) is 4.79 Å². The van der Waals surface area contributed by atoms with Crippen LogP contribution in [0, 0.1) is 23.6 Å². The fourth-order valence-corrected chi connectivity index (χ4v) is 4.26. The highest BCUT2D eigenvalue weighted by Gasteiger charge is 2.42. The largest absolute Gasteiger partial charge is 0.349 e. The third-order valence-corrected chi connectivity index (χ3v) is 5.30. The quantitative estimate of drug-likeness (QED) is 0.896. The Morgan fingerprint density at radius 1 is 1.40 bits per heavy atom. The number of carbonyl (C=O) groups is 1. The van der Waals surface area contributed by atoms with Crippen molar-refractivity contribution in [3.8, 4) is 0 Å². The molecule has 0 aromatic heterocycles. The Hall–Kier alpha value is -1.09. The minimum absolute atomic E-state index is 0.0378. The van der Waals surface area contributed by atoms with Crippen molar-refractivity contribution in [2.45, 2.75) is 38.6 Å². The Morgan fingerprint density at radius 2 is 2.20 bits per heavy atom. The third kappa shape index (κ3) is 2.44. The number of fused-ring (bicyclic) bond motifs is 2. The van der Waals surface area contributed by atoms with Gasteiger partial charge in [0.15, 0.2) is 0 Å². The van der Waals surface area contributed by atoms with Crippen LogP contribution in [0.5, 0.6) is 0 Å². The lowest BCUT2D eigenvalue weighted by Gasteiger charge is -2.28. The third-order valence-electron chi connectivity index (χ3n) is 4.98. The van der Waals surface area contributed by atoms with Gasteiger partial charge in [-0.15, -0.1) is 0 Å². The van der Waals surface area contributed by atoms with Crippen LogP contribution in [0.3, 0.4) is 0 Å². The number of carbonyl (C=O) groups excluding carboxylic acids is 1. The average molecular weight is 296 g/mol. The molecule has 1 aromatic carbocycles. The van der Waals surface area contributed by atoms with E-state index in [2.05, 4.69) is 5.32 Å². The molecule has 4 atom stereocenters. The topological polar surface area (TPSA) is 29.1 Å². The Morgan fingerprint density at radius 3 is 2.80 bits per heavy atom. The fourth-order valence-electron chi connectivity index (χ4n) is 4.01. The maximum atomic E-state index is 13.7. The predicted molar refractivity (Wildman–Crippen MR) is 77.3 cm³/mol. The van der Waals surface area contributed by atoms with Crippen molar-refractivity contribution >= 4 is 17.5 Å². The first-order valence-corrected chi connectivity index (χ1v) is 7.69. The van der Waals surface area contributed by atoms with E-state index in [4.69, 9.17) is 11.6 Å². The SMILES string of the molecule is C[C@@H](NC(=O)c1c(F)cccc1Cl)[C@@H]1C[C@H]2CC[C@H]1C2. The summed E-state index contributed by atoms with van der Waals surface area (Å²) in [5.41, 5.74) is -0.0378. The van der Waals surface area contributed by atoms with Crippen molar-refractivity contribution < 1.29 is 9.18 Å². The van der Waals surface area contributed by atoms with E-state index in [1.54, 1.807) is 6.07 Å². The van der Waals surface area contributed by atoms with Crippen molar-refractivity contribution in [1.82, 2.24) is 5.32 Å². The molecule has 1 amide bonds. The van der Waals surface area contributed by atoms with Crippen LogP contribution in [-0.2, 0) is 0 Å². The predicted octanol–water partition coefficient (Wildman–Crippen LogP) is 4.03. The van der Waals surface area contributed by atoms with Gasteiger partial charge in [0.25, 0.3) is 5.91 Å². The van der Waals surface area contributed by atoms with Crippen molar-refractivity contribution in [3.05, 3.63) is 34.6 Å². The van der Waals surface area contributed by atoms with E-state index in [0.29, 0.717) is 5.92 Å². The molecule has 0 spiro atoms. The molecule has 0 radical (unpaired) electrons. The van der Waals surface area contributed by atoms with Crippen LogP contribution in [0.1, 0.15) is 43.0 Å². The second-order valence-corrected chi connectivity index (χ2v) is 6.60. The fraction of sp³-hybridized carbons (Fsp3) is 0.562. The molecule has 108 valence electrons. The summed E-state index contributed by atoms with van der Waals surface area (Å²) in [5.74, 6) is 1.13. The molecular formula is C16H19ClFNO. The Labute approximate surface area is 123 Å². The summed E-state index contributed by atoms with van der Waals surface area (Å²) < 4.78 is 13.7. The molecule has 3 rings (SSSR count). The lowest BCUT2D eigenvalue weighted by atomic mass is 9.84. The summed E-state index contributed by atoms with van der Waals surface area (Å²) in [4.78, 5) is 12.2. The zero-order chi connectivity index (χ0) is 14.3. The molecule has 0 unspecified atom stereocenters. The van der Waals surface area contributed by atoms with Crippen LogP contribution in [0.4, 0.5) is 4.39 Å². The van der Waals surface area contributed by atoms with E-state index < -0.39 is 11.7 Å². The van der Waals surface area contributed by atoms with Gasteiger partial charge in [0.05, 0.1) is 10.6 Å². The van der Waals surface area contributed by atoms with Gasteiger partial charge in [-0.1, -0.05) is 24.1 Å². The number of hydrogen-bond acceptors (Lipinski definition) is 1. The first-order valence-electron chi connectivity index (χ1n) is 7.31. The number of hydrogen-bond donors (Lipinski definition) is 1. The molecule has 0 aliphatic heterocycles. The maximum absolute atomic E-state index is 13.7. The Bertz CT molecular complexity index is 513. The van der Waals surface area contributed by atoms with Crippen molar-refractivity contribution in [2.24, 2.45) is 17.8 Å². The van der Waals surface area contributed by atoms with Crippen LogP contribution in [0.15, 0.2) is 18.2 Å². The molecule has 1 aromatic rings. The van der Waals surface area contributed by atoms with Crippen molar-refractivity contribution in [1.29, 1.82) is 0 Å². The van der Waals surface area contributed by atoms with Gasteiger partial charge in [0, 0.05) is 6.04 Å². The van der Waals surface area contributed by atoms with Gasteiger partial charge in [-0.2, -0.15) is 0 Å². The van der Waals surface area contributed by atoms with E-state index in [-0.39, 0.29) is 16.6 Å². The molecular weight excluding hydrogens is 277 g/mol. The molecule has 2 bridgehead atoms. The van der Waals surface area contributed by atoms with Gasteiger partial charge in [-0.05, 0) is 56.1 Å². The monoisotopic (exact) mass is 295 g/mol. The van der Waals surface area contributed by atoms with Crippen LogP contribution in [0.25, 0.3) is 0 Å². The molecule has 0 saturated heterocycles. The molecule has 0 heterocycles. The zero-order valence-corrected chi connectivity index (χ0v) is 12.3. The molecule has 4 heteroatoms. The second kappa shape index (κ2) is 5.36. The van der Waals surface area contributed by atoms with E-state index >= 15 is 0 Å². The van der Waals surface area contributed by atoms with Crippen LogP contribution in [0.2, 0.25) is 5.02 Å². The second-order valence-electron chi connectivity index (χ2n) is 6.20. The summed E-state index contributed by atoms with van der Waals surface area (Å²) >= 11 is 5.93. The average Bonchev–Trinajstić information content (AvgIpc) is 3.00.